The first kappa shape index (κ1) is 18.1. The summed E-state index contributed by atoms with van der Waals surface area (Å²) in [6, 6.07) is 2.76. The Morgan fingerprint density at radius 3 is 2.93 bits per heavy atom. The molecular formula is C17H20F3N5O2. The first-order valence-electron chi connectivity index (χ1n) is 8.69. The molecule has 1 unspecified atom stereocenters. The van der Waals surface area contributed by atoms with Gasteiger partial charge in [0.15, 0.2) is 11.6 Å². The molecule has 0 saturated carbocycles. The highest BCUT2D eigenvalue weighted by Crippen LogP contribution is 2.42. The monoisotopic (exact) mass is 383 g/mol. The molecule has 2 atom stereocenters. The van der Waals surface area contributed by atoms with E-state index in [0.29, 0.717) is 32.1 Å². The number of halogens is 3. The van der Waals surface area contributed by atoms with Gasteiger partial charge in [-0.3, -0.25) is 4.68 Å². The van der Waals surface area contributed by atoms with Crippen LogP contribution in [0.4, 0.5) is 19.0 Å². The molecule has 10 heteroatoms. The summed E-state index contributed by atoms with van der Waals surface area (Å²) in [6.45, 7) is 4.11. The van der Waals surface area contributed by atoms with E-state index in [1.54, 1.807) is 0 Å². The fourth-order valence-electron chi connectivity index (χ4n) is 3.38. The molecule has 2 N–H and O–H groups in total. The Kier molecular flexibility index (Phi) is 4.47. The van der Waals surface area contributed by atoms with Crippen molar-refractivity contribution in [2.45, 2.75) is 38.3 Å². The highest BCUT2D eigenvalue weighted by Gasteiger charge is 2.38. The summed E-state index contributed by atoms with van der Waals surface area (Å²) in [6.07, 6.45) is -3.59. The van der Waals surface area contributed by atoms with Crippen LogP contribution >= 0.6 is 0 Å². The van der Waals surface area contributed by atoms with E-state index in [-0.39, 0.29) is 24.4 Å². The lowest BCUT2D eigenvalue weighted by Crippen LogP contribution is -2.44. The number of hydrogen-bond donors (Lipinski definition) is 1. The van der Waals surface area contributed by atoms with Crippen LogP contribution in [0.5, 0.6) is 5.75 Å². The van der Waals surface area contributed by atoms with Crippen LogP contribution in [-0.4, -0.2) is 40.6 Å². The predicted octanol–water partition coefficient (Wildman–Crippen LogP) is 2.11. The fraction of sp³-hybridized carbons (Fsp3) is 0.529. The fourth-order valence-corrected chi connectivity index (χ4v) is 3.38. The average molecular weight is 383 g/mol. The summed E-state index contributed by atoms with van der Waals surface area (Å²) in [5.74, 6) is 0.594. The Bertz CT molecular complexity index is 836. The molecule has 27 heavy (non-hydrogen) atoms. The molecular weight excluding hydrogens is 363 g/mol. The van der Waals surface area contributed by atoms with Crippen molar-refractivity contribution in [1.82, 2.24) is 14.8 Å². The number of pyridine rings is 1. The van der Waals surface area contributed by atoms with E-state index >= 15 is 0 Å². The van der Waals surface area contributed by atoms with Gasteiger partial charge in [-0.1, -0.05) is 0 Å². The highest BCUT2D eigenvalue weighted by molar-refractivity contribution is 5.57. The molecule has 7 nitrogen and oxygen atoms in total. The van der Waals surface area contributed by atoms with Crippen LogP contribution in [0.3, 0.4) is 0 Å². The minimum Gasteiger partial charge on any atom is -0.487 e. The van der Waals surface area contributed by atoms with Crippen LogP contribution in [0, 0.1) is 0 Å². The molecule has 0 radical (unpaired) electrons. The average Bonchev–Trinajstić information content (AvgIpc) is 3.03. The first-order chi connectivity index (χ1) is 12.8. The highest BCUT2D eigenvalue weighted by atomic mass is 19.4. The minimum absolute atomic E-state index is 0.0476. The van der Waals surface area contributed by atoms with Crippen molar-refractivity contribution in [2.24, 2.45) is 5.73 Å². The lowest BCUT2D eigenvalue weighted by atomic mass is 10.1. The number of rotatable bonds is 4. The van der Waals surface area contributed by atoms with Crippen LogP contribution in [0.15, 0.2) is 18.3 Å². The Hall–Kier alpha value is -2.33. The van der Waals surface area contributed by atoms with Crippen LogP contribution in [0.2, 0.25) is 0 Å². The second-order valence-electron chi connectivity index (χ2n) is 6.84. The maximum Gasteiger partial charge on any atom is 0.418 e. The minimum atomic E-state index is -4.45. The van der Waals surface area contributed by atoms with Crippen molar-refractivity contribution in [2.75, 3.05) is 24.7 Å². The Morgan fingerprint density at radius 1 is 1.37 bits per heavy atom. The second kappa shape index (κ2) is 6.68. The number of nitrogens with two attached hydrogens (primary N) is 1. The zero-order valence-corrected chi connectivity index (χ0v) is 14.7. The molecule has 2 aliphatic heterocycles. The molecule has 0 spiro atoms. The van der Waals surface area contributed by atoms with Crippen molar-refractivity contribution in [1.29, 1.82) is 0 Å². The number of hydrogen-bond acceptors (Lipinski definition) is 6. The Labute approximate surface area is 153 Å². The quantitative estimate of drug-likeness (QED) is 0.871. The largest absolute Gasteiger partial charge is 0.487 e. The molecule has 2 aromatic rings. The molecule has 2 aromatic heterocycles. The molecule has 0 saturated heterocycles. The van der Waals surface area contributed by atoms with Crippen LogP contribution in [0.25, 0.3) is 0 Å². The summed E-state index contributed by atoms with van der Waals surface area (Å²) in [5.41, 5.74) is 6.59. The molecule has 0 aliphatic carbocycles. The zero-order valence-electron chi connectivity index (χ0n) is 14.7. The standard InChI is InChI=1S/C17H20F3N5O2/c1-10(21)7-26-8-12-5-13-14-9-27-15-4-11(17(18,19)20)6-22-16(15)24(14)2-3-25(13)23-12/h4-6,10,14H,2-3,7-9,21H2,1H3/t10-,14?/m0/s1. The van der Waals surface area contributed by atoms with Gasteiger partial charge in [0.2, 0.25) is 0 Å². The van der Waals surface area contributed by atoms with E-state index in [4.69, 9.17) is 15.2 Å². The number of nitrogens with zero attached hydrogens (tertiary/aromatic N) is 4. The van der Waals surface area contributed by atoms with E-state index in [0.717, 1.165) is 23.7 Å². The van der Waals surface area contributed by atoms with Gasteiger partial charge in [0.1, 0.15) is 12.6 Å². The maximum atomic E-state index is 12.9. The van der Waals surface area contributed by atoms with Crippen molar-refractivity contribution in [3.05, 3.63) is 35.3 Å². The van der Waals surface area contributed by atoms with E-state index in [9.17, 15) is 13.2 Å². The van der Waals surface area contributed by atoms with Crippen molar-refractivity contribution in [3.63, 3.8) is 0 Å². The molecule has 2 aliphatic rings. The van der Waals surface area contributed by atoms with Gasteiger partial charge in [-0.15, -0.1) is 0 Å². The van der Waals surface area contributed by atoms with Gasteiger partial charge in [0, 0.05) is 18.8 Å². The number of alkyl halides is 3. The van der Waals surface area contributed by atoms with Crippen LogP contribution in [-0.2, 0) is 24.1 Å². The number of fused-ring (bicyclic) bond motifs is 5. The van der Waals surface area contributed by atoms with Gasteiger partial charge in [0.25, 0.3) is 0 Å². The van der Waals surface area contributed by atoms with Crippen molar-refractivity contribution >= 4 is 5.82 Å². The third-order valence-corrected chi connectivity index (χ3v) is 4.59. The normalized spacial score (nSPS) is 19.7. The van der Waals surface area contributed by atoms with Gasteiger partial charge < -0.3 is 20.1 Å². The lowest BCUT2D eigenvalue weighted by Gasteiger charge is -2.40. The SMILES string of the molecule is C[C@H](N)COCc1cc2n(n1)CCN1c3ncc(C(F)(F)F)cc3OCC21. The molecule has 0 fully saturated rings. The molecule has 0 aromatic carbocycles. The van der Waals surface area contributed by atoms with Gasteiger partial charge in [-0.2, -0.15) is 18.3 Å². The van der Waals surface area contributed by atoms with E-state index < -0.39 is 11.7 Å². The van der Waals surface area contributed by atoms with Gasteiger partial charge >= 0.3 is 6.18 Å². The lowest BCUT2D eigenvalue weighted by molar-refractivity contribution is -0.138. The third-order valence-electron chi connectivity index (χ3n) is 4.59. The summed E-state index contributed by atoms with van der Waals surface area (Å²) >= 11 is 0. The number of ether oxygens (including phenoxy) is 2. The topological polar surface area (TPSA) is 78.4 Å². The van der Waals surface area contributed by atoms with Crippen molar-refractivity contribution in [3.8, 4) is 5.75 Å². The van der Waals surface area contributed by atoms with E-state index in [2.05, 4.69) is 10.1 Å². The first-order valence-corrected chi connectivity index (χ1v) is 8.69. The third kappa shape index (κ3) is 3.46. The van der Waals surface area contributed by atoms with E-state index in [1.807, 2.05) is 22.6 Å². The second-order valence-corrected chi connectivity index (χ2v) is 6.84. The Balaban J connectivity index is 1.56. The zero-order chi connectivity index (χ0) is 19.2. The molecule has 0 bridgehead atoms. The Morgan fingerprint density at radius 2 is 2.19 bits per heavy atom. The number of aromatic nitrogens is 3. The summed E-state index contributed by atoms with van der Waals surface area (Å²) in [5, 5.41) is 4.54. The van der Waals surface area contributed by atoms with E-state index in [1.165, 1.54) is 0 Å². The summed E-state index contributed by atoms with van der Waals surface area (Å²) in [4.78, 5) is 6.01. The van der Waals surface area contributed by atoms with Crippen LogP contribution in [0.1, 0.15) is 29.9 Å². The van der Waals surface area contributed by atoms with Crippen LogP contribution < -0.4 is 15.4 Å². The van der Waals surface area contributed by atoms with Gasteiger partial charge in [-0.25, -0.2) is 4.98 Å². The molecule has 146 valence electrons. The summed E-state index contributed by atoms with van der Waals surface area (Å²) in [7, 11) is 0. The number of anilines is 1. The maximum absolute atomic E-state index is 12.9. The molecule has 4 heterocycles. The molecule has 0 amide bonds. The van der Waals surface area contributed by atoms with Gasteiger partial charge in [0.05, 0.1) is 36.7 Å². The summed E-state index contributed by atoms with van der Waals surface area (Å²) < 4.78 is 51.7. The van der Waals surface area contributed by atoms with Gasteiger partial charge in [-0.05, 0) is 19.1 Å². The van der Waals surface area contributed by atoms with Crippen molar-refractivity contribution < 1.29 is 22.6 Å². The predicted molar refractivity (Wildman–Crippen MR) is 90.4 cm³/mol. The molecule has 4 rings (SSSR count). The smallest absolute Gasteiger partial charge is 0.418 e.